The molecule has 4 heteroatoms. The minimum Gasteiger partial charge on any atom is -0.494 e. The molecule has 1 aliphatic carbocycles. The fourth-order valence-electron chi connectivity index (χ4n) is 2.89. The van der Waals surface area contributed by atoms with E-state index in [1.165, 1.54) is 5.56 Å². The van der Waals surface area contributed by atoms with Crippen LogP contribution in [-0.2, 0) is 11.3 Å². The lowest BCUT2D eigenvalue weighted by Gasteiger charge is -2.35. The number of carbonyl (C=O) groups is 1. The molecule has 1 heterocycles. The van der Waals surface area contributed by atoms with E-state index >= 15 is 0 Å². The van der Waals surface area contributed by atoms with E-state index in [2.05, 4.69) is 17.0 Å². The molecule has 1 aromatic carbocycles. The average Bonchev–Trinajstić information content (AvgIpc) is 3.34. The van der Waals surface area contributed by atoms with Gasteiger partial charge in [-0.1, -0.05) is 18.2 Å². The highest BCUT2D eigenvalue weighted by Gasteiger charge is 2.34. The summed E-state index contributed by atoms with van der Waals surface area (Å²) in [6.45, 7) is 7.26. The standard InChI is InChI=1S/C17H24N2O2/c1-2-21-16-6-4-3-5-15(16)13-18-9-11-19(12-10-18)17(20)14-7-8-14/h3-6,14H,2,7-13H2,1H3. The predicted molar refractivity (Wildman–Crippen MR) is 82.2 cm³/mol. The molecule has 0 radical (unpaired) electrons. The average molecular weight is 288 g/mol. The third-order valence-corrected chi connectivity index (χ3v) is 4.28. The molecule has 114 valence electrons. The fourth-order valence-corrected chi connectivity index (χ4v) is 2.89. The highest BCUT2D eigenvalue weighted by Crippen LogP contribution is 2.31. The van der Waals surface area contributed by atoms with Crippen molar-refractivity contribution in [3.8, 4) is 5.75 Å². The van der Waals surface area contributed by atoms with Crippen LogP contribution in [-0.4, -0.2) is 48.5 Å². The summed E-state index contributed by atoms with van der Waals surface area (Å²) >= 11 is 0. The first-order valence-electron chi connectivity index (χ1n) is 7.99. The van der Waals surface area contributed by atoms with Gasteiger partial charge in [-0.2, -0.15) is 0 Å². The lowest BCUT2D eigenvalue weighted by Crippen LogP contribution is -2.48. The Morgan fingerprint density at radius 3 is 2.57 bits per heavy atom. The Labute approximate surface area is 126 Å². The zero-order valence-electron chi connectivity index (χ0n) is 12.8. The van der Waals surface area contributed by atoms with Crippen LogP contribution in [0.15, 0.2) is 24.3 Å². The molecule has 0 unspecified atom stereocenters. The van der Waals surface area contributed by atoms with Gasteiger partial charge in [-0.05, 0) is 25.8 Å². The van der Waals surface area contributed by atoms with Crippen LogP contribution in [0.2, 0.25) is 0 Å². The lowest BCUT2D eigenvalue weighted by atomic mass is 10.1. The lowest BCUT2D eigenvalue weighted by molar-refractivity contribution is -0.134. The van der Waals surface area contributed by atoms with Crippen molar-refractivity contribution < 1.29 is 9.53 Å². The summed E-state index contributed by atoms with van der Waals surface area (Å²) in [6, 6.07) is 8.24. The van der Waals surface area contributed by atoms with Crippen molar-refractivity contribution >= 4 is 5.91 Å². The van der Waals surface area contributed by atoms with Crippen LogP contribution in [0.5, 0.6) is 5.75 Å². The van der Waals surface area contributed by atoms with Gasteiger partial charge in [0.2, 0.25) is 5.91 Å². The van der Waals surface area contributed by atoms with Crippen LogP contribution in [0.25, 0.3) is 0 Å². The maximum atomic E-state index is 12.1. The van der Waals surface area contributed by atoms with Crippen LogP contribution >= 0.6 is 0 Å². The Morgan fingerprint density at radius 2 is 1.90 bits per heavy atom. The van der Waals surface area contributed by atoms with Gasteiger partial charge in [-0.15, -0.1) is 0 Å². The molecule has 3 rings (SSSR count). The van der Waals surface area contributed by atoms with Gasteiger partial charge in [0.15, 0.2) is 0 Å². The quantitative estimate of drug-likeness (QED) is 0.832. The Hall–Kier alpha value is -1.55. The maximum absolute atomic E-state index is 12.1. The Balaban J connectivity index is 1.54. The minimum atomic E-state index is 0.343. The van der Waals surface area contributed by atoms with Crippen LogP contribution in [0.4, 0.5) is 0 Å². The van der Waals surface area contributed by atoms with Gasteiger partial charge in [-0.3, -0.25) is 9.69 Å². The molecule has 1 saturated carbocycles. The van der Waals surface area contributed by atoms with E-state index in [0.29, 0.717) is 18.4 Å². The summed E-state index contributed by atoms with van der Waals surface area (Å²) in [5, 5.41) is 0. The molecule has 4 nitrogen and oxygen atoms in total. The topological polar surface area (TPSA) is 32.8 Å². The Kier molecular flexibility index (Phi) is 4.44. The zero-order chi connectivity index (χ0) is 14.7. The second-order valence-corrected chi connectivity index (χ2v) is 5.92. The van der Waals surface area contributed by atoms with Crippen LogP contribution < -0.4 is 4.74 Å². The van der Waals surface area contributed by atoms with Crippen molar-refractivity contribution in [2.24, 2.45) is 5.92 Å². The largest absolute Gasteiger partial charge is 0.494 e. The number of amides is 1. The number of benzene rings is 1. The highest BCUT2D eigenvalue weighted by atomic mass is 16.5. The molecular weight excluding hydrogens is 264 g/mol. The van der Waals surface area contributed by atoms with Crippen molar-refractivity contribution in [3.63, 3.8) is 0 Å². The highest BCUT2D eigenvalue weighted by molar-refractivity contribution is 5.81. The first-order chi connectivity index (χ1) is 10.3. The van der Waals surface area contributed by atoms with Gasteiger partial charge in [0, 0.05) is 44.2 Å². The molecule has 1 saturated heterocycles. The van der Waals surface area contributed by atoms with Crippen molar-refractivity contribution in [3.05, 3.63) is 29.8 Å². The van der Waals surface area contributed by atoms with Gasteiger partial charge in [0.1, 0.15) is 5.75 Å². The third kappa shape index (κ3) is 3.56. The molecule has 0 N–H and O–H groups in total. The molecule has 2 aliphatic rings. The van der Waals surface area contributed by atoms with Gasteiger partial charge in [-0.25, -0.2) is 0 Å². The van der Waals surface area contributed by atoms with E-state index in [1.54, 1.807) is 0 Å². The molecule has 2 fully saturated rings. The summed E-state index contributed by atoms with van der Waals surface area (Å²) in [4.78, 5) is 16.5. The second-order valence-electron chi connectivity index (χ2n) is 5.92. The summed E-state index contributed by atoms with van der Waals surface area (Å²) in [5.41, 5.74) is 1.24. The summed E-state index contributed by atoms with van der Waals surface area (Å²) in [5.74, 6) is 1.70. The predicted octanol–water partition coefficient (Wildman–Crippen LogP) is 2.14. The van der Waals surface area contributed by atoms with Gasteiger partial charge in [0.25, 0.3) is 0 Å². The van der Waals surface area contributed by atoms with E-state index in [4.69, 9.17) is 4.74 Å². The van der Waals surface area contributed by atoms with Gasteiger partial charge < -0.3 is 9.64 Å². The van der Waals surface area contributed by atoms with Crippen LogP contribution in [0.3, 0.4) is 0 Å². The van der Waals surface area contributed by atoms with Crippen molar-refractivity contribution in [1.29, 1.82) is 0 Å². The fraction of sp³-hybridized carbons (Fsp3) is 0.588. The number of hydrogen-bond donors (Lipinski definition) is 0. The summed E-state index contributed by atoms with van der Waals surface area (Å²) < 4.78 is 5.69. The molecule has 21 heavy (non-hydrogen) atoms. The molecule has 0 atom stereocenters. The number of piperazine rings is 1. The monoisotopic (exact) mass is 288 g/mol. The van der Waals surface area contributed by atoms with Crippen molar-refractivity contribution in [1.82, 2.24) is 9.80 Å². The van der Waals surface area contributed by atoms with E-state index in [0.717, 1.165) is 51.3 Å². The molecule has 1 aromatic rings. The number of nitrogens with zero attached hydrogens (tertiary/aromatic N) is 2. The van der Waals surface area contributed by atoms with Crippen molar-refractivity contribution in [2.75, 3.05) is 32.8 Å². The molecular formula is C17H24N2O2. The number of hydrogen-bond acceptors (Lipinski definition) is 3. The summed E-state index contributed by atoms with van der Waals surface area (Å²) in [6.07, 6.45) is 2.20. The molecule has 0 bridgehead atoms. The maximum Gasteiger partial charge on any atom is 0.225 e. The van der Waals surface area contributed by atoms with Gasteiger partial charge in [0.05, 0.1) is 6.61 Å². The first kappa shape index (κ1) is 14.4. The van der Waals surface area contributed by atoms with E-state index < -0.39 is 0 Å². The minimum absolute atomic E-state index is 0.343. The first-order valence-corrected chi connectivity index (χ1v) is 7.99. The molecule has 0 aromatic heterocycles. The second kappa shape index (κ2) is 6.48. The van der Waals surface area contributed by atoms with E-state index in [1.807, 2.05) is 24.0 Å². The third-order valence-electron chi connectivity index (χ3n) is 4.28. The van der Waals surface area contributed by atoms with E-state index in [9.17, 15) is 4.79 Å². The smallest absolute Gasteiger partial charge is 0.225 e. The SMILES string of the molecule is CCOc1ccccc1CN1CCN(C(=O)C2CC2)CC1. The van der Waals surface area contributed by atoms with Gasteiger partial charge >= 0.3 is 0 Å². The zero-order valence-corrected chi connectivity index (χ0v) is 12.8. The molecule has 1 amide bonds. The van der Waals surface area contributed by atoms with Crippen LogP contribution in [0.1, 0.15) is 25.3 Å². The van der Waals surface area contributed by atoms with Crippen LogP contribution in [0, 0.1) is 5.92 Å². The van der Waals surface area contributed by atoms with E-state index in [-0.39, 0.29) is 0 Å². The van der Waals surface area contributed by atoms with Crippen molar-refractivity contribution in [2.45, 2.75) is 26.3 Å². The number of carbonyl (C=O) groups excluding carboxylic acids is 1. The number of ether oxygens (including phenoxy) is 1. The normalized spacial score (nSPS) is 19.6. The Bertz CT molecular complexity index is 491. The molecule has 0 spiro atoms. The summed E-state index contributed by atoms with van der Waals surface area (Å²) in [7, 11) is 0. The molecule has 1 aliphatic heterocycles. The number of para-hydroxylation sites is 1. The Morgan fingerprint density at radius 1 is 1.19 bits per heavy atom. The number of rotatable bonds is 5.